The van der Waals surface area contributed by atoms with E-state index in [0.717, 1.165) is 5.69 Å². The fourth-order valence-electron chi connectivity index (χ4n) is 2.60. The summed E-state index contributed by atoms with van der Waals surface area (Å²) < 4.78 is 0. The lowest BCUT2D eigenvalue weighted by atomic mass is 10.0. The summed E-state index contributed by atoms with van der Waals surface area (Å²) in [5.41, 5.74) is 3.04. The molecule has 1 N–H and O–H groups in total. The minimum atomic E-state index is -0.172. The molecule has 0 heterocycles. The number of amides is 2. The van der Waals surface area contributed by atoms with Crippen molar-refractivity contribution in [3.63, 3.8) is 0 Å². The van der Waals surface area contributed by atoms with Crippen LogP contribution in [0.25, 0.3) is 0 Å². The normalized spacial score (nSPS) is 10.3. The molecule has 0 atom stereocenters. The molecule has 0 aliphatic carbocycles. The van der Waals surface area contributed by atoms with Crippen LogP contribution < -0.4 is 10.2 Å². The Balaban J connectivity index is 1.99. The minimum Gasteiger partial charge on any atom is -0.326 e. The van der Waals surface area contributed by atoms with E-state index in [4.69, 9.17) is 5.26 Å². The van der Waals surface area contributed by atoms with Crippen molar-refractivity contribution in [1.29, 1.82) is 5.26 Å². The molecule has 0 saturated carbocycles. The third-order valence-electron chi connectivity index (χ3n) is 4.09. The van der Waals surface area contributed by atoms with Gasteiger partial charge in [0.05, 0.1) is 11.6 Å². The zero-order valence-electron chi connectivity index (χ0n) is 15.3. The first kappa shape index (κ1) is 19.2. The minimum absolute atomic E-state index is 0.162. The van der Waals surface area contributed by atoms with Gasteiger partial charge in [0.15, 0.2) is 0 Å². The topological polar surface area (TPSA) is 73.2 Å². The molecule has 0 radical (unpaired) electrons. The van der Waals surface area contributed by atoms with Crippen molar-refractivity contribution in [3.05, 3.63) is 59.7 Å². The summed E-state index contributed by atoms with van der Waals surface area (Å²) in [6.07, 6.45) is 0.169. The Hall–Kier alpha value is -3.13. The molecule has 2 amide bonds. The Morgan fingerprint density at radius 3 is 2.42 bits per heavy atom. The van der Waals surface area contributed by atoms with Gasteiger partial charge < -0.3 is 10.2 Å². The molecule has 2 aromatic carbocycles. The van der Waals surface area contributed by atoms with E-state index in [0.29, 0.717) is 17.2 Å². The number of carbonyl (C=O) groups excluding carboxylic acids is 2. The average Bonchev–Trinajstić information content (AvgIpc) is 2.62. The standard InChI is InChI=1S/C21H23N3O2/c1-15(2)18-7-9-19(10-8-18)23-21(26)11-12-24(16(3)25)20-6-4-5-17(13-20)14-22/h4-10,13,15H,11-12H2,1-3H3,(H,23,26). The van der Waals surface area contributed by atoms with Gasteiger partial charge in [0.25, 0.3) is 0 Å². The Morgan fingerprint density at radius 2 is 1.85 bits per heavy atom. The molecule has 0 aliphatic heterocycles. The van der Waals surface area contributed by atoms with E-state index in [1.807, 2.05) is 24.3 Å². The summed E-state index contributed by atoms with van der Waals surface area (Å²) in [5.74, 6) is 0.104. The van der Waals surface area contributed by atoms with Gasteiger partial charge in [-0.25, -0.2) is 0 Å². The second kappa shape index (κ2) is 8.82. The van der Waals surface area contributed by atoms with Gasteiger partial charge in [-0.1, -0.05) is 32.0 Å². The number of anilines is 2. The zero-order chi connectivity index (χ0) is 19.1. The van der Waals surface area contributed by atoms with Gasteiger partial charge >= 0.3 is 0 Å². The highest BCUT2D eigenvalue weighted by molar-refractivity contribution is 5.94. The molecular weight excluding hydrogens is 326 g/mol. The predicted molar refractivity (Wildman–Crippen MR) is 103 cm³/mol. The second-order valence-electron chi connectivity index (χ2n) is 6.41. The molecule has 0 unspecified atom stereocenters. The molecule has 0 bridgehead atoms. The van der Waals surface area contributed by atoms with Crippen molar-refractivity contribution in [2.24, 2.45) is 0 Å². The van der Waals surface area contributed by atoms with Crippen molar-refractivity contribution in [2.75, 3.05) is 16.8 Å². The summed E-state index contributed by atoms with van der Waals surface area (Å²) in [6.45, 7) is 5.93. The Bertz CT molecular complexity index is 820. The third kappa shape index (κ3) is 5.18. The highest BCUT2D eigenvalue weighted by Gasteiger charge is 2.14. The number of hydrogen-bond acceptors (Lipinski definition) is 3. The Kier molecular flexibility index (Phi) is 6.51. The fraction of sp³-hybridized carbons (Fsp3) is 0.286. The van der Waals surface area contributed by atoms with Crippen LogP contribution in [0.4, 0.5) is 11.4 Å². The van der Waals surface area contributed by atoms with Gasteiger partial charge in [0.1, 0.15) is 0 Å². The molecule has 26 heavy (non-hydrogen) atoms. The number of nitriles is 1. The number of nitrogens with one attached hydrogen (secondary N) is 1. The van der Waals surface area contributed by atoms with E-state index in [9.17, 15) is 9.59 Å². The number of hydrogen-bond donors (Lipinski definition) is 1. The number of nitrogens with zero attached hydrogens (tertiary/aromatic N) is 2. The van der Waals surface area contributed by atoms with Gasteiger partial charge in [0, 0.05) is 31.3 Å². The van der Waals surface area contributed by atoms with Crippen molar-refractivity contribution < 1.29 is 9.59 Å². The fourth-order valence-corrected chi connectivity index (χ4v) is 2.60. The van der Waals surface area contributed by atoms with Gasteiger partial charge in [-0.2, -0.15) is 5.26 Å². The lowest BCUT2D eigenvalue weighted by Crippen LogP contribution is -2.32. The smallest absolute Gasteiger partial charge is 0.226 e. The Labute approximate surface area is 154 Å². The monoisotopic (exact) mass is 349 g/mol. The summed E-state index contributed by atoms with van der Waals surface area (Å²) in [7, 11) is 0. The summed E-state index contributed by atoms with van der Waals surface area (Å²) >= 11 is 0. The lowest BCUT2D eigenvalue weighted by Gasteiger charge is -2.21. The molecule has 2 rings (SSSR count). The van der Waals surface area contributed by atoms with Crippen LogP contribution in [-0.2, 0) is 9.59 Å². The average molecular weight is 349 g/mol. The van der Waals surface area contributed by atoms with Crippen molar-refractivity contribution in [3.8, 4) is 6.07 Å². The molecule has 5 nitrogen and oxygen atoms in total. The van der Waals surface area contributed by atoms with Crippen LogP contribution in [-0.4, -0.2) is 18.4 Å². The molecule has 0 aromatic heterocycles. The number of benzene rings is 2. The van der Waals surface area contributed by atoms with Gasteiger partial charge in [-0.15, -0.1) is 0 Å². The maximum absolute atomic E-state index is 12.2. The van der Waals surface area contributed by atoms with Crippen LogP contribution in [0.1, 0.15) is 44.2 Å². The first-order chi connectivity index (χ1) is 12.4. The zero-order valence-corrected chi connectivity index (χ0v) is 15.3. The molecule has 0 fully saturated rings. The van der Waals surface area contributed by atoms with Crippen LogP contribution in [0.5, 0.6) is 0 Å². The molecule has 134 valence electrons. The maximum atomic E-state index is 12.2. The van der Waals surface area contributed by atoms with Crippen LogP contribution in [0.2, 0.25) is 0 Å². The van der Waals surface area contributed by atoms with Crippen molar-refractivity contribution in [1.82, 2.24) is 0 Å². The molecule has 0 spiro atoms. The van der Waals surface area contributed by atoms with Gasteiger partial charge in [-0.05, 0) is 41.8 Å². The lowest BCUT2D eigenvalue weighted by molar-refractivity contribution is -0.117. The second-order valence-corrected chi connectivity index (χ2v) is 6.41. The maximum Gasteiger partial charge on any atom is 0.226 e. The molecule has 0 aliphatic rings. The molecule has 5 heteroatoms. The van der Waals surface area contributed by atoms with Gasteiger partial charge in [0.2, 0.25) is 11.8 Å². The SMILES string of the molecule is CC(=O)N(CCC(=O)Nc1ccc(C(C)C)cc1)c1cccc(C#N)c1. The van der Waals surface area contributed by atoms with E-state index >= 15 is 0 Å². The highest BCUT2D eigenvalue weighted by Crippen LogP contribution is 2.18. The quantitative estimate of drug-likeness (QED) is 0.854. The predicted octanol–water partition coefficient (Wildman–Crippen LogP) is 4.06. The van der Waals surface area contributed by atoms with Crippen LogP contribution >= 0.6 is 0 Å². The molecular formula is C21H23N3O2. The van der Waals surface area contributed by atoms with E-state index in [-0.39, 0.29) is 24.8 Å². The highest BCUT2D eigenvalue weighted by atomic mass is 16.2. The molecule has 0 saturated heterocycles. The third-order valence-corrected chi connectivity index (χ3v) is 4.09. The molecule has 2 aromatic rings. The number of rotatable bonds is 6. The van der Waals surface area contributed by atoms with Crippen LogP contribution in [0, 0.1) is 11.3 Å². The number of carbonyl (C=O) groups is 2. The van der Waals surface area contributed by atoms with E-state index in [1.165, 1.54) is 17.4 Å². The largest absolute Gasteiger partial charge is 0.326 e. The van der Waals surface area contributed by atoms with Crippen LogP contribution in [0.3, 0.4) is 0 Å². The van der Waals surface area contributed by atoms with Gasteiger partial charge in [-0.3, -0.25) is 9.59 Å². The first-order valence-electron chi connectivity index (χ1n) is 8.58. The van der Waals surface area contributed by atoms with Crippen molar-refractivity contribution in [2.45, 2.75) is 33.1 Å². The van der Waals surface area contributed by atoms with E-state index in [1.54, 1.807) is 24.3 Å². The summed E-state index contributed by atoms with van der Waals surface area (Å²) in [6, 6.07) is 16.6. The Morgan fingerprint density at radius 1 is 1.15 bits per heavy atom. The van der Waals surface area contributed by atoms with E-state index < -0.39 is 0 Å². The van der Waals surface area contributed by atoms with E-state index in [2.05, 4.69) is 25.2 Å². The first-order valence-corrected chi connectivity index (χ1v) is 8.58. The van der Waals surface area contributed by atoms with Crippen molar-refractivity contribution >= 4 is 23.2 Å². The van der Waals surface area contributed by atoms with Crippen LogP contribution in [0.15, 0.2) is 48.5 Å². The summed E-state index contributed by atoms with van der Waals surface area (Å²) in [5, 5.41) is 11.8. The summed E-state index contributed by atoms with van der Waals surface area (Å²) in [4.78, 5) is 25.6.